The molecule has 0 aromatic heterocycles. The van der Waals surface area contributed by atoms with Crippen LogP contribution in [0.15, 0.2) is 0 Å². The molecule has 0 bridgehead atoms. The fourth-order valence-electron chi connectivity index (χ4n) is 4.06. The number of carbonyl (C=O) groups is 2. The molecule has 0 unspecified atom stereocenters. The summed E-state index contributed by atoms with van der Waals surface area (Å²) in [4.78, 5) is 28.1. The largest absolute Gasteiger partial charge is 0.384 e. The Labute approximate surface area is 130 Å². The highest BCUT2D eigenvalue weighted by atomic mass is 19.1. The summed E-state index contributed by atoms with van der Waals surface area (Å²) in [5.74, 6) is 0.263. The van der Waals surface area contributed by atoms with Gasteiger partial charge in [-0.1, -0.05) is 0 Å². The molecule has 1 saturated carbocycles. The van der Waals surface area contributed by atoms with Crippen LogP contribution >= 0.6 is 0 Å². The van der Waals surface area contributed by atoms with Crippen molar-refractivity contribution in [3.05, 3.63) is 0 Å². The zero-order chi connectivity index (χ0) is 15.9. The maximum Gasteiger partial charge on any atom is 0.260 e. The van der Waals surface area contributed by atoms with Crippen LogP contribution < -0.4 is 0 Å². The number of rotatable bonds is 3. The van der Waals surface area contributed by atoms with E-state index in [1.165, 1.54) is 0 Å². The number of amides is 2. The molecule has 3 aliphatic rings. The molecule has 22 heavy (non-hydrogen) atoms. The summed E-state index contributed by atoms with van der Waals surface area (Å²) >= 11 is 0. The van der Waals surface area contributed by atoms with E-state index >= 15 is 0 Å². The van der Waals surface area contributed by atoms with Gasteiger partial charge < -0.3 is 14.5 Å². The fourth-order valence-corrected chi connectivity index (χ4v) is 4.06. The zero-order valence-electron chi connectivity index (χ0n) is 13.4. The third-order valence-corrected chi connectivity index (χ3v) is 5.51. The maximum atomic E-state index is 14.0. The van der Waals surface area contributed by atoms with E-state index in [4.69, 9.17) is 4.74 Å². The molecule has 1 aliphatic carbocycles. The van der Waals surface area contributed by atoms with Crippen molar-refractivity contribution in [3.63, 3.8) is 0 Å². The lowest BCUT2D eigenvalue weighted by Gasteiger charge is -2.40. The molecule has 2 aliphatic heterocycles. The van der Waals surface area contributed by atoms with Crippen LogP contribution in [0.4, 0.5) is 4.39 Å². The first kappa shape index (κ1) is 15.7. The highest BCUT2D eigenvalue weighted by Gasteiger charge is 2.53. The van der Waals surface area contributed by atoms with Gasteiger partial charge in [-0.15, -0.1) is 0 Å². The Morgan fingerprint density at radius 2 is 2.05 bits per heavy atom. The van der Waals surface area contributed by atoms with Crippen molar-refractivity contribution in [2.75, 3.05) is 40.4 Å². The molecular weight excluding hydrogens is 287 g/mol. The van der Waals surface area contributed by atoms with Crippen molar-refractivity contribution in [1.82, 2.24) is 9.80 Å². The average Bonchev–Trinajstić information content (AvgIpc) is 3.27. The van der Waals surface area contributed by atoms with Crippen LogP contribution in [-0.2, 0) is 14.3 Å². The Kier molecular flexibility index (Phi) is 4.14. The van der Waals surface area contributed by atoms with Crippen molar-refractivity contribution in [2.24, 2.45) is 17.8 Å². The van der Waals surface area contributed by atoms with E-state index in [-0.39, 0.29) is 23.7 Å². The summed E-state index contributed by atoms with van der Waals surface area (Å²) in [6, 6.07) is 0. The van der Waals surface area contributed by atoms with Crippen LogP contribution in [0.3, 0.4) is 0 Å². The van der Waals surface area contributed by atoms with Crippen LogP contribution in [0, 0.1) is 17.8 Å². The molecule has 2 amide bonds. The molecule has 2 saturated heterocycles. The van der Waals surface area contributed by atoms with Crippen LogP contribution in [0.5, 0.6) is 0 Å². The first-order valence-corrected chi connectivity index (χ1v) is 8.18. The van der Waals surface area contributed by atoms with Crippen molar-refractivity contribution >= 4 is 11.8 Å². The number of fused-ring (bicyclic) bond motifs is 1. The number of ether oxygens (including phenoxy) is 1. The fraction of sp³-hybridized carbons (Fsp3) is 0.875. The highest BCUT2D eigenvalue weighted by Crippen LogP contribution is 2.43. The minimum absolute atomic E-state index is 0.0635. The number of alkyl halides is 1. The van der Waals surface area contributed by atoms with Crippen molar-refractivity contribution < 1.29 is 18.7 Å². The number of likely N-dealkylation sites (tertiary alicyclic amines) is 2. The number of methoxy groups -OCH3 is 1. The van der Waals surface area contributed by atoms with E-state index in [0.29, 0.717) is 51.4 Å². The molecule has 6 heteroatoms. The van der Waals surface area contributed by atoms with Crippen LogP contribution in [-0.4, -0.2) is 67.7 Å². The second-order valence-corrected chi connectivity index (χ2v) is 7.04. The monoisotopic (exact) mass is 312 g/mol. The predicted octanol–water partition coefficient (Wildman–Crippen LogP) is 1.08. The second kappa shape index (κ2) is 5.80. The molecule has 3 atom stereocenters. The van der Waals surface area contributed by atoms with E-state index in [0.717, 1.165) is 6.42 Å². The number of piperidine rings is 1. The second-order valence-electron chi connectivity index (χ2n) is 7.04. The Hall–Kier alpha value is -1.17. The first-order chi connectivity index (χ1) is 10.5. The lowest BCUT2D eigenvalue weighted by molar-refractivity contribution is -0.144. The maximum absolute atomic E-state index is 14.0. The van der Waals surface area contributed by atoms with Gasteiger partial charge >= 0.3 is 0 Å². The minimum atomic E-state index is -1.61. The Bertz CT molecular complexity index is 466. The first-order valence-electron chi connectivity index (χ1n) is 8.18. The molecule has 3 rings (SSSR count). The van der Waals surface area contributed by atoms with Crippen LogP contribution in [0.2, 0.25) is 0 Å². The van der Waals surface area contributed by atoms with Gasteiger partial charge in [-0.3, -0.25) is 9.59 Å². The van der Waals surface area contributed by atoms with Gasteiger partial charge in [0.15, 0.2) is 5.67 Å². The van der Waals surface area contributed by atoms with Gasteiger partial charge in [0.05, 0.1) is 6.61 Å². The van der Waals surface area contributed by atoms with Crippen LogP contribution in [0.1, 0.15) is 25.7 Å². The SMILES string of the molecule is COC[C@@H]1CN(C)C(=O)[C@H]2CCN(C(=O)C3(F)CC3)CC[C@@H]12. The number of hydrogen-bond acceptors (Lipinski definition) is 3. The third-order valence-electron chi connectivity index (χ3n) is 5.51. The molecule has 0 aromatic rings. The molecule has 124 valence electrons. The molecular formula is C16H25FN2O3. The number of hydrogen-bond donors (Lipinski definition) is 0. The minimum Gasteiger partial charge on any atom is -0.384 e. The summed E-state index contributed by atoms with van der Waals surface area (Å²) < 4.78 is 19.3. The topological polar surface area (TPSA) is 49.9 Å². The molecule has 5 nitrogen and oxygen atoms in total. The van der Waals surface area contributed by atoms with Crippen molar-refractivity contribution in [1.29, 1.82) is 0 Å². The molecule has 2 heterocycles. The van der Waals surface area contributed by atoms with Gasteiger partial charge in [0.2, 0.25) is 5.91 Å². The molecule has 0 radical (unpaired) electrons. The summed E-state index contributed by atoms with van der Waals surface area (Å²) in [7, 11) is 3.51. The standard InChI is InChI=1S/C16H25FN2O3/c1-18-9-11(10-22-2)12-3-7-19(8-4-13(12)14(18)20)15(21)16(17)5-6-16/h11-13H,3-10H2,1-2H3/t11-,12-,13-/m0/s1. The lowest BCUT2D eigenvalue weighted by Crippen LogP contribution is -2.49. The van der Waals surface area contributed by atoms with E-state index < -0.39 is 5.67 Å². The van der Waals surface area contributed by atoms with Gasteiger partial charge in [-0.05, 0) is 31.6 Å². The average molecular weight is 312 g/mol. The van der Waals surface area contributed by atoms with Gasteiger partial charge in [0.25, 0.3) is 5.91 Å². The predicted molar refractivity (Wildman–Crippen MR) is 78.9 cm³/mol. The summed E-state index contributed by atoms with van der Waals surface area (Å²) in [6.45, 7) is 2.38. The zero-order valence-corrected chi connectivity index (χ0v) is 13.4. The Morgan fingerprint density at radius 1 is 1.36 bits per heavy atom. The molecule has 0 aromatic carbocycles. The van der Waals surface area contributed by atoms with E-state index in [1.807, 2.05) is 7.05 Å². The van der Waals surface area contributed by atoms with E-state index in [2.05, 4.69) is 0 Å². The number of halogens is 1. The normalized spacial score (nSPS) is 34.1. The smallest absolute Gasteiger partial charge is 0.260 e. The van der Waals surface area contributed by atoms with Gasteiger partial charge in [0, 0.05) is 45.6 Å². The molecule has 3 fully saturated rings. The summed E-state index contributed by atoms with van der Waals surface area (Å²) in [5, 5.41) is 0. The third kappa shape index (κ3) is 2.73. The summed E-state index contributed by atoms with van der Waals surface area (Å²) in [6.07, 6.45) is 2.10. The number of carbonyl (C=O) groups excluding carboxylic acids is 2. The van der Waals surface area contributed by atoms with Crippen LogP contribution in [0.25, 0.3) is 0 Å². The van der Waals surface area contributed by atoms with Crippen molar-refractivity contribution in [3.8, 4) is 0 Å². The van der Waals surface area contributed by atoms with E-state index in [1.54, 1.807) is 16.9 Å². The van der Waals surface area contributed by atoms with Gasteiger partial charge in [-0.2, -0.15) is 0 Å². The number of nitrogens with zero attached hydrogens (tertiary/aromatic N) is 2. The quantitative estimate of drug-likeness (QED) is 0.783. The summed E-state index contributed by atoms with van der Waals surface area (Å²) in [5.41, 5.74) is -1.61. The molecule has 0 N–H and O–H groups in total. The van der Waals surface area contributed by atoms with Crippen molar-refractivity contribution in [2.45, 2.75) is 31.4 Å². The highest BCUT2D eigenvalue weighted by molar-refractivity contribution is 5.88. The lowest BCUT2D eigenvalue weighted by atomic mass is 9.75. The van der Waals surface area contributed by atoms with E-state index in [9.17, 15) is 14.0 Å². The Morgan fingerprint density at radius 3 is 2.68 bits per heavy atom. The Balaban J connectivity index is 1.73. The molecule has 0 spiro atoms. The van der Waals surface area contributed by atoms with Gasteiger partial charge in [-0.25, -0.2) is 4.39 Å². The van der Waals surface area contributed by atoms with Gasteiger partial charge in [0.1, 0.15) is 0 Å².